The lowest BCUT2D eigenvalue weighted by atomic mass is 9.76. The van der Waals surface area contributed by atoms with Gasteiger partial charge in [0.05, 0.1) is 28.1 Å². The van der Waals surface area contributed by atoms with E-state index < -0.39 is 34.8 Å². The second-order valence-corrected chi connectivity index (χ2v) is 14.5. The van der Waals surface area contributed by atoms with Crippen LogP contribution in [0.2, 0.25) is 0 Å². The molecule has 2 aromatic rings. The van der Waals surface area contributed by atoms with E-state index in [-0.39, 0.29) is 17.0 Å². The van der Waals surface area contributed by atoms with Crippen molar-refractivity contribution < 1.29 is 27.1 Å². The zero-order valence-corrected chi connectivity index (χ0v) is 23.9. The molecule has 40 heavy (non-hydrogen) atoms. The normalized spacial score (nSPS) is 24.6. The van der Waals surface area contributed by atoms with Crippen molar-refractivity contribution in [3.05, 3.63) is 30.0 Å². The van der Waals surface area contributed by atoms with Crippen LogP contribution in [-0.4, -0.2) is 69.9 Å². The highest BCUT2D eigenvalue weighted by Crippen LogP contribution is 2.47. The van der Waals surface area contributed by atoms with Crippen molar-refractivity contribution in [2.45, 2.75) is 56.2 Å². The number of thiazole rings is 1. The maximum atomic E-state index is 13.4. The van der Waals surface area contributed by atoms with E-state index in [0.717, 1.165) is 33.9 Å². The summed E-state index contributed by atoms with van der Waals surface area (Å²) in [5.41, 5.74) is 1.58. The number of alkyl halides is 3. The zero-order chi connectivity index (χ0) is 28.7. The summed E-state index contributed by atoms with van der Waals surface area (Å²) in [7, 11) is -1.14. The number of aromatic nitrogens is 1. The number of carbonyl (C=O) groups is 1. The maximum absolute atomic E-state index is 13.4. The van der Waals surface area contributed by atoms with Crippen molar-refractivity contribution in [2.24, 2.45) is 5.92 Å². The maximum Gasteiger partial charge on any atom is 0.405 e. The largest absolute Gasteiger partial charge is 0.405 e. The lowest BCUT2D eigenvalue weighted by molar-refractivity contribution is -0.127. The number of amides is 1. The number of halogens is 3. The van der Waals surface area contributed by atoms with Crippen LogP contribution in [0.1, 0.15) is 50.1 Å². The van der Waals surface area contributed by atoms with E-state index >= 15 is 0 Å². The fourth-order valence-corrected chi connectivity index (χ4v) is 7.91. The number of rotatable bonds is 7. The van der Waals surface area contributed by atoms with Crippen LogP contribution in [0.4, 0.5) is 24.0 Å². The monoisotopic (exact) mass is 597 g/mol. The predicted molar refractivity (Wildman–Crippen MR) is 152 cm³/mol. The molecule has 2 heterocycles. The Morgan fingerprint density at radius 3 is 2.48 bits per heavy atom. The van der Waals surface area contributed by atoms with Gasteiger partial charge in [0.2, 0.25) is 5.91 Å². The quantitative estimate of drug-likeness (QED) is 0.368. The number of benzene rings is 1. The van der Waals surface area contributed by atoms with Gasteiger partial charge in [0, 0.05) is 37.7 Å². The molecular weight excluding hydrogens is 563 g/mol. The Bertz CT molecular complexity index is 1260. The third-order valence-corrected chi connectivity index (χ3v) is 10.9. The molecule has 1 saturated heterocycles. The molecule has 8 nitrogen and oxygen atoms in total. The first-order valence-electron chi connectivity index (χ1n) is 13.5. The number of anilines is 2. The summed E-state index contributed by atoms with van der Waals surface area (Å²) in [6.07, 6.45) is -0.0565. The van der Waals surface area contributed by atoms with Crippen LogP contribution < -0.4 is 15.1 Å². The van der Waals surface area contributed by atoms with Crippen LogP contribution in [0, 0.1) is 17.2 Å². The third-order valence-electron chi connectivity index (χ3n) is 8.04. The molecule has 1 aromatic carbocycles. The van der Waals surface area contributed by atoms with Crippen molar-refractivity contribution in [1.29, 1.82) is 5.26 Å². The number of nitrogens with one attached hydrogen (secondary N) is 1. The number of nitrogens with zero attached hydrogens (tertiary/aromatic N) is 4. The molecule has 2 saturated carbocycles. The Labute approximate surface area is 237 Å². The molecule has 0 bridgehead atoms. The van der Waals surface area contributed by atoms with Crippen LogP contribution >= 0.6 is 21.9 Å². The second kappa shape index (κ2) is 11.0. The number of nitriles is 1. The lowest BCUT2D eigenvalue weighted by Crippen LogP contribution is -2.42. The Morgan fingerprint density at radius 1 is 1.23 bits per heavy atom. The minimum Gasteiger partial charge on any atom is -0.368 e. The first-order chi connectivity index (χ1) is 18.9. The molecule has 0 spiro atoms. The molecule has 2 atom stereocenters. The van der Waals surface area contributed by atoms with Gasteiger partial charge in [-0.2, -0.15) is 29.0 Å². The van der Waals surface area contributed by atoms with Gasteiger partial charge in [-0.05, 0) is 43.4 Å². The van der Waals surface area contributed by atoms with Gasteiger partial charge in [0.25, 0.3) is 0 Å². The zero-order valence-electron chi connectivity index (χ0n) is 22.3. The Morgan fingerprint density at radius 2 is 1.88 bits per heavy atom. The van der Waals surface area contributed by atoms with Crippen molar-refractivity contribution in [1.82, 2.24) is 10.3 Å². The smallest absolute Gasteiger partial charge is 0.368 e. The molecule has 13 heteroatoms. The topological polar surface area (TPSA) is 113 Å². The molecule has 3 aliphatic rings. The van der Waals surface area contributed by atoms with E-state index in [4.69, 9.17) is 4.98 Å². The summed E-state index contributed by atoms with van der Waals surface area (Å²) in [6.45, 7) is -0.0718. The molecule has 2 aliphatic carbocycles. The lowest BCUT2D eigenvalue weighted by Gasteiger charge is -2.41. The van der Waals surface area contributed by atoms with Gasteiger partial charge >= 0.3 is 6.18 Å². The highest BCUT2D eigenvalue weighted by Gasteiger charge is 2.47. The minimum absolute atomic E-state index is 0.181. The number of carbonyl (C=O) groups excluding carboxylic acids is 1. The average Bonchev–Trinajstić information content (AvgIpc) is 3.54. The Kier molecular flexibility index (Phi) is 8.00. The standard InChI is InChI=1S/C27H34F3N5O3S2/c1-34(17-27(28,29)30)25-32-22(20-4-2-3-5-21(20)24(36)33-26(16-31)10-11-26)23(39-25)18-6-8-19(9-7-18)35-12-14-40(37,38)15-13-35/h6-9,20-21,37-38H,2-5,10-15,17H2,1H3,(H,33,36)/t20-,21-/m1/s1. The molecule has 218 valence electrons. The summed E-state index contributed by atoms with van der Waals surface area (Å²) in [6, 6.07) is 9.90. The van der Waals surface area contributed by atoms with Crippen molar-refractivity contribution in [3.8, 4) is 16.5 Å². The van der Waals surface area contributed by atoms with Crippen molar-refractivity contribution >= 4 is 38.7 Å². The highest BCUT2D eigenvalue weighted by atomic mass is 32.3. The Balaban J connectivity index is 1.46. The van der Waals surface area contributed by atoms with Gasteiger partial charge in [0.15, 0.2) is 5.13 Å². The van der Waals surface area contributed by atoms with Crippen LogP contribution in [0.5, 0.6) is 0 Å². The fourth-order valence-electron chi connectivity index (χ4n) is 5.58. The second-order valence-electron chi connectivity index (χ2n) is 11.1. The van der Waals surface area contributed by atoms with Crippen LogP contribution in [0.15, 0.2) is 24.3 Å². The summed E-state index contributed by atoms with van der Waals surface area (Å²) in [5.74, 6) is -0.218. The van der Waals surface area contributed by atoms with E-state index in [1.54, 1.807) is 0 Å². The summed E-state index contributed by atoms with van der Waals surface area (Å²) < 4.78 is 59.6. The minimum atomic E-state index is -4.39. The molecule has 1 amide bonds. The number of hydrogen-bond donors (Lipinski definition) is 3. The van der Waals surface area contributed by atoms with Crippen LogP contribution in [-0.2, 0) is 4.79 Å². The van der Waals surface area contributed by atoms with E-state index in [0.29, 0.717) is 56.0 Å². The van der Waals surface area contributed by atoms with Gasteiger partial charge in [0.1, 0.15) is 12.1 Å². The first-order valence-corrected chi connectivity index (χ1v) is 16.2. The molecule has 3 fully saturated rings. The fraction of sp³-hybridized carbons (Fsp3) is 0.593. The summed E-state index contributed by atoms with van der Waals surface area (Å²) in [5, 5.41) is 12.7. The van der Waals surface area contributed by atoms with Crippen molar-refractivity contribution in [2.75, 3.05) is 48.0 Å². The highest BCUT2D eigenvalue weighted by molar-refractivity contribution is 8.24. The summed E-state index contributed by atoms with van der Waals surface area (Å²) in [4.78, 5) is 22.0. The van der Waals surface area contributed by atoms with E-state index in [2.05, 4.69) is 16.3 Å². The Hall–Kier alpha value is -2.53. The molecular formula is C27H34F3N5O3S2. The van der Waals surface area contributed by atoms with Crippen molar-refractivity contribution in [3.63, 3.8) is 0 Å². The van der Waals surface area contributed by atoms with Gasteiger partial charge in [-0.15, -0.1) is 0 Å². The summed E-state index contributed by atoms with van der Waals surface area (Å²) >= 11 is 1.19. The van der Waals surface area contributed by atoms with Crippen LogP contribution in [0.3, 0.4) is 0 Å². The SMILES string of the molecule is CN(CC(F)(F)F)c1nc([C@@H]2CCCC[C@H]2C(=O)NC2(C#N)CC2)c(-c2ccc(N3CCS(O)(O)CC3)cc2)s1. The number of hydrogen-bond acceptors (Lipinski definition) is 8. The molecule has 1 aliphatic heterocycles. The van der Waals surface area contributed by atoms with Gasteiger partial charge in [-0.25, -0.2) is 4.98 Å². The van der Waals surface area contributed by atoms with E-state index in [1.165, 1.54) is 18.4 Å². The molecule has 3 N–H and O–H groups in total. The molecule has 0 radical (unpaired) electrons. The molecule has 0 unspecified atom stereocenters. The third kappa shape index (κ3) is 6.51. The predicted octanol–water partition coefficient (Wildman–Crippen LogP) is 5.83. The molecule has 5 rings (SSSR count). The van der Waals surface area contributed by atoms with Gasteiger partial charge in [-0.3, -0.25) is 13.9 Å². The molecule has 1 aromatic heterocycles. The first kappa shape index (κ1) is 29.0. The average molecular weight is 598 g/mol. The van der Waals surface area contributed by atoms with Crippen LogP contribution in [0.25, 0.3) is 10.4 Å². The van der Waals surface area contributed by atoms with E-state index in [9.17, 15) is 32.3 Å². The van der Waals surface area contributed by atoms with Gasteiger partial charge in [-0.1, -0.05) is 36.3 Å². The van der Waals surface area contributed by atoms with Gasteiger partial charge < -0.3 is 15.1 Å². The van der Waals surface area contributed by atoms with E-state index in [1.807, 2.05) is 24.3 Å².